The van der Waals surface area contributed by atoms with Gasteiger partial charge in [-0.2, -0.15) is 4.98 Å². The number of hydrogen-bond acceptors (Lipinski definition) is 5. The molecule has 0 unspecified atom stereocenters. The van der Waals surface area contributed by atoms with E-state index < -0.39 is 0 Å². The predicted octanol–water partition coefficient (Wildman–Crippen LogP) is 3.95. The Labute approximate surface area is 138 Å². The van der Waals surface area contributed by atoms with Gasteiger partial charge in [0.05, 0.1) is 0 Å². The molecule has 0 amide bonds. The van der Waals surface area contributed by atoms with Gasteiger partial charge in [0.2, 0.25) is 5.95 Å². The van der Waals surface area contributed by atoms with Crippen molar-refractivity contribution in [3.8, 4) is 0 Å². The molecule has 122 valence electrons. The Morgan fingerprint density at radius 1 is 1.04 bits per heavy atom. The number of aryl methyl sites for hydroxylation is 1. The number of hydrogen-bond donors (Lipinski definition) is 2. The van der Waals surface area contributed by atoms with Crippen LogP contribution >= 0.6 is 0 Å². The van der Waals surface area contributed by atoms with Gasteiger partial charge in [0, 0.05) is 43.3 Å². The van der Waals surface area contributed by atoms with Crippen LogP contribution in [-0.2, 0) is 0 Å². The van der Waals surface area contributed by atoms with E-state index in [1.807, 2.05) is 27.1 Å². The fourth-order valence-electron chi connectivity index (χ4n) is 2.94. The Bertz CT molecular complexity index is 645. The van der Waals surface area contributed by atoms with Gasteiger partial charge >= 0.3 is 0 Å². The summed E-state index contributed by atoms with van der Waals surface area (Å²) in [5.74, 6) is 1.56. The lowest BCUT2D eigenvalue weighted by Crippen LogP contribution is -2.17. The second kappa shape index (κ2) is 6.86. The smallest absolute Gasteiger partial charge is 0.225 e. The van der Waals surface area contributed by atoms with Crippen LogP contribution in [0.5, 0.6) is 0 Å². The lowest BCUT2D eigenvalue weighted by Gasteiger charge is -2.15. The van der Waals surface area contributed by atoms with E-state index in [0.717, 1.165) is 23.1 Å². The number of nitrogens with zero attached hydrogens (tertiary/aromatic N) is 3. The van der Waals surface area contributed by atoms with Gasteiger partial charge in [-0.25, -0.2) is 4.98 Å². The fraction of sp³-hybridized carbons (Fsp3) is 0.444. The number of anilines is 4. The van der Waals surface area contributed by atoms with Crippen LogP contribution < -0.4 is 15.5 Å². The molecule has 0 spiro atoms. The van der Waals surface area contributed by atoms with Crippen molar-refractivity contribution >= 4 is 23.1 Å². The summed E-state index contributed by atoms with van der Waals surface area (Å²) in [4.78, 5) is 11.2. The molecule has 1 aliphatic rings. The second-order valence-electron chi connectivity index (χ2n) is 6.41. The highest BCUT2D eigenvalue weighted by molar-refractivity contribution is 5.61. The highest BCUT2D eigenvalue weighted by Gasteiger charge is 2.16. The zero-order valence-electron chi connectivity index (χ0n) is 14.1. The van der Waals surface area contributed by atoms with Crippen molar-refractivity contribution in [2.24, 2.45) is 0 Å². The summed E-state index contributed by atoms with van der Waals surface area (Å²) in [6, 6.07) is 10.8. The van der Waals surface area contributed by atoms with E-state index in [2.05, 4.69) is 49.8 Å². The summed E-state index contributed by atoms with van der Waals surface area (Å²) in [6.07, 6.45) is 5.03. The summed E-state index contributed by atoms with van der Waals surface area (Å²) in [6.45, 7) is 2.00. The molecule has 1 aromatic heterocycles. The predicted molar refractivity (Wildman–Crippen MR) is 96.7 cm³/mol. The Hall–Kier alpha value is -2.30. The third kappa shape index (κ3) is 4.12. The minimum atomic E-state index is 0.518. The largest absolute Gasteiger partial charge is 0.378 e. The lowest BCUT2D eigenvalue weighted by atomic mass is 10.2. The molecule has 0 aliphatic heterocycles. The highest BCUT2D eigenvalue weighted by atomic mass is 15.2. The minimum absolute atomic E-state index is 0.518. The van der Waals surface area contributed by atoms with Gasteiger partial charge in [0.25, 0.3) is 0 Å². The normalized spacial score (nSPS) is 14.7. The molecule has 3 rings (SSSR count). The quantitative estimate of drug-likeness (QED) is 0.875. The molecule has 1 aromatic carbocycles. The van der Waals surface area contributed by atoms with Gasteiger partial charge in [0.15, 0.2) is 0 Å². The van der Waals surface area contributed by atoms with E-state index in [1.165, 1.54) is 31.4 Å². The van der Waals surface area contributed by atoms with Crippen molar-refractivity contribution in [1.29, 1.82) is 0 Å². The maximum atomic E-state index is 4.61. The third-order valence-electron chi connectivity index (χ3n) is 4.20. The summed E-state index contributed by atoms with van der Waals surface area (Å²) in [7, 11) is 4.08. The molecule has 0 bridgehead atoms. The lowest BCUT2D eigenvalue weighted by molar-refractivity contribution is 0.743. The molecule has 1 aliphatic carbocycles. The van der Waals surface area contributed by atoms with Gasteiger partial charge in [-0.3, -0.25) is 0 Å². The molecule has 0 saturated heterocycles. The van der Waals surface area contributed by atoms with E-state index in [4.69, 9.17) is 0 Å². The third-order valence-corrected chi connectivity index (χ3v) is 4.20. The molecule has 5 nitrogen and oxygen atoms in total. The molecule has 2 aromatic rings. The van der Waals surface area contributed by atoms with Gasteiger partial charge in [-0.05, 0) is 44.0 Å². The number of nitrogens with one attached hydrogen (secondary N) is 2. The molecule has 5 heteroatoms. The molecule has 1 fully saturated rings. The fourth-order valence-corrected chi connectivity index (χ4v) is 2.94. The van der Waals surface area contributed by atoms with E-state index in [0.29, 0.717) is 6.04 Å². The van der Waals surface area contributed by atoms with Crippen LogP contribution in [0.2, 0.25) is 0 Å². The molecule has 0 radical (unpaired) electrons. The Kier molecular flexibility index (Phi) is 4.65. The van der Waals surface area contributed by atoms with Crippen molar-refractivity contribution in [1.82, 2.24) is 9.97 Å². The number of benzene rings is 1. The van der Waals surface area contributed by atoms with E-state index in [9.17, 15) is 0 Å². The van der Waals surface area contributed by atoms with Crippen LogP contribution in [0.4, 0.5) is 23.1 Å². The summed E-state index contributed by atoms with van der Waals surface area (Å²) in [5, 5.41) is 6.83. The molecular formula is C18H25N5. The van der Waals surface area contributed by atoms with E-state index in [-0.39, 0.29) is 0 Å². The van der Waals surface area contributed by atoms with Crippen LogP contribution in [0.25, 0.3) is 0 Å². The monoisotopic (exact) mass is 311 g/mol. The molecule has 1 saturated carbocycles. The van der Waals surface area contributed by atoms with Gasteiger partial charge in [-0.15, -0.1) is 0 Å². The van der Waals surface area contributed by atoms with E-state index in [1.54, 1.807) is 0 Å². The van der Waals surface area contributed by atoms with Crippen LogP contribution in [0.3, 0.4) is 0 Å². The first-order valence-corrected chi connectivity index (χ1v) is 8.27. The van der Waals surface area contributed by atoms with Crippen LogP contribution in [0, 0.1) is 6.92 Å². The number of aromatic nitrogens is 2. The van der Waals surface area contributed by atoms with Crippen molar-refractivity contribution in [3.63, 3.8) is 0 Å². The van der Waals surface area contributed by atoms with Crippen molar-refractivity contribution in [2.45, 2.75) is 38.6 Å². The molecule has 0 atom stereocenters. The topological polar surface area (TPSA) is 53.1 Å². The maximum absolute atomic E-state index is 4.61. The summed E-state index contributed by atoms with van der Waals surface area (Å²) < 4.78 is 0. The first-order chi connectivity index (χ1) is 11.1. The van der Waals surface area contributed by atoms with Crippen LogP contribution in [-0.4, -0.2) is 30.1 Å². The Morgan fingerprint density at radius 2 is 1.74 bits per heavy atom. The standard InChI is InChI=1S/C18H25N5/c1-13-12-17(20-15-8-10-16(11-9-15)23(2)3)22-18(19-13)21-14-6-4-5-7-14/h8-12,14H,4-7H2,1-3H3,(H2,19,20,21,22). The van der Waals surface area contributed by atoms with Gasteiger partial charge in [0.1, 0.15) is 5.82 Å². The summed E-state index contributed by atoms with van der Waals surface area (Å²) in [5.41, 5.74) is 3.17. The number of rotatable bonds is 5. The average molecular weight is 311 g/mol. The second-order valence-corrected chi connectivity index (χ2v) is 6.41. The van der Waals surface area contributed by atoms with Crippen molar-refractivity contribution in [2.75, 3.05) is 29.6 Å². The Balaban J connectivity index is 1.72. The van der Waals surface area contributed by atoms with E-state index >= 15 is 0 Å². The van der Waals surface area contributed by atoms with Crippen LogP contribution in [0.15, 0.2) is 30.3 Å². The zero-order valence-corrected chi connectivity index (χ0v) is 14.1. The van der Waals surface area contributed by atoms with Crippen molar-refractivity contribution < 1.29 is 0 Å². The average Bonchev–Trinajstić information content (AvgIpc) is 3.00. The maximum Gasteiger partial charge on any atom is 0.225 e. The van der Waals surface area contributed by atoms with Gasteiger partial charge < -0.3 is 15.5 Å². The summed E-state index contributed by atoms with van der Waals surface area (Å²) >= 11 is 0. The van der Waals surface area contributed by atoms with Crippen LogP contribution in [0.1, 0.15) is 31.4 Å². The molecule has 1 heterocycles. The zero-order chi connectivity index (χ0) is 16.2. The highest BCUT2D eigenvalue weighted by Crippen LogP contribution is 2.23. The molecular weight excluding hydrogens is 286 g/mol. The first kappa shape index (κ1) is 15.6. The Morgan fingerprint density at radius 3 is 2.39 bits per heavy atom. The molecule has 2 N–H and O–H groups in total. The molecule has 23 heavy (non-hydrogen) atoms. The minimum Gasteiger partial charge on any atom is -0.378 e. The van der Waals surface area contributed by atoms with Crippen molar-refractivity contribution in [3.05, 3.63) is 36.0 Å². The SMILES string of the molecule is Cc1cc(Nc2ccc(N(C)C)cc2)nc(NC2CCCC2)n1. The first-order valence-electron chi connectivity index (χ1n) is 8.27. The van der Waals surface area contributed by atoms with Gasteiger partial charge in [-0.1, -0.05) is 12.8 Å².